The van der Waals surface area contributed by atoms with Gasteiger partial charge in [-0.05, 0) is 49.2 Å². The van der Waals surface area contributed by atoms with Gasteiger partial charge in [-0.1, -0.05) is 18.2 Å². The highest BCUT2D eigenvalue weighted by molar-refractivity contribution is 7.89. The Bertz CT molecular complexity index is 1030. The van der Waals surface area contributed by atoms with Crippen molar-refractivity contribution >= 4 is 28.0 Å². The van der Waals surface area contributed by atoms with E-state index in [1.54, 1.807) is 21.9 Å². The van der Waals surface area contributed by atoms with Gasteiger partial charge in [-0.25, -0.2) is 8.42 Å². The Morgan fingerprint density at radius 3 is 2.31 bits per heavy atom. The number of amides is 2. The van der Waals surface area contributed by atoms with Crippen LogP contribution in [0.4, 0.5) is 5.69 Å². The van der Waals surface area contributed by atoms with E-state index in [4.69, 9.17) is 0 Å². The Hall–Kier alpha value is -2.71. The zero-order chi connectivity index (χ0) is 20.6. The average Bonchev–Trinajstić information content (AvgIpc) is 3.09. The fourth-order valence-corrected chi connectivity index (χ4v) is 5.40. The van der Waals surface area contributed by atoms with Crippen molar-refractivity contribution in [3.8, 4) is 0 Å². The summed E-state index contributed by atoms with van der Waals surface area (Å²) >= 11 is 0. The molecule has 4 rings (SSSR count). The molecule has 0 bridgehead atoms. The second-order valence-electron chi connectivity index (χ2n) is 7.43. The Kier molecular flexibility index (Phi) is 5.14. The number of hydrogen-bond acceptors (Lipinski definition) is 4. The summed E-state index contributed by atoms with van der Waals surface area (Å²) < 4.78 is 27.1. The van der Waals surface area contributed by atoms with Crippen LogP contribution in [0, 0.1) is 0 Å². The van der Waals surface area contributed by atoms with E-state index in [1.165, 1.54) is 16.4 Å². The molecule has 0 saturated carbocycles. The van der Waals surface area contributed by atoms with Gasteiger partial charge in [0.1, 0.15) is 0 Å². The lowest BCUT2D eigenvalue weighted by Crippen LogP contribution is -2.47. The number of sulfonamides is 1. The summed E-state index contributed by atoms with van der Waals surface area (Å²) in [6, 6.07) is 14.0. The van der Waals surface area contributed by atoms with Crippen LogP contribution in [-0.4, -0.2) is 62.2 Å². The Labute approximate surface area is 170 Å². The van der Waals surface area contributed by atoms with Crippen LogP contribution in [0.1, 0.15) is 22.8 Å². The van der Waals surface area contributed by atoms with Crippen LogP contribution in [0.15, 0.2) is 53.4 Å². The first kappa shape index (κ1) is 19.6. The van der Waals surface area contributed by atoms with E-state index in [0.29, 0.717) is 18.7 Å². The lowest BCUT2D eigenvalue weighted by Gasteiger charge is -2.31. The molecule has 1 saturated heterocycles. The molecule has 0 aromatic heterocycles. The summed E-state index contributed by atoms with van der Waals surface area (Å²) in [5.41, 5.74) is 2.51. The van der Waals surface area contributed by atoms with Gasteiger partial charge in [0.25, 0.3) is 5.91 Å². The van der Waals surface area contributed by atoms with Gasteiger partial charge in [0.15, 0.2) is 0 Å². The Morgan fingerprint density at radius 2 is 1.66 bits per heavy atom. The zero-order valence-corrected chi connectivity index (χ0v) is 17.0. The van der Waals surface area contributed by atoms with Crippen LogP contribution in [0.5, 0.6) is 0 Å². The Morgan fingerprint density at radius 1 is 1.00 bits per heavy atom. The third-order valence-corrected chi connectivity index (χ3v) is 7.50. The number of rotatable bonds is 4. The minimum Gasteiger partial charge on any atom is -0.343 e. The largest absolute Gasteiger partial charge is 0.343 e. The van der Waals surface area contributed by atoms with Gasteiger partial charge >= 0.3 is 0 Å². The third kappa shape index (κ3) is 3.54. The molecule has 2 amide bonds. The van der Waals surface area contributed by atoms with Crippen molar-refractivity contribution in [1.82, 2.24) is 9.21 Å². The first-order valence-corrected chi connectivity index (χ1v) is 11.1. The van der Waals surface area contributed by atoms with Crippen molar-refractivity contribution in [3.63, 3.8) is 0 Å². The van der Waals surface area contributed by atoms with E-state index in [2.05, 4.69) is 0 Å². The van der Waals surface area contributed by atoms with Crippen LogP contribution < -0.4 is 4.90 Å². The number of benzene rings is 2. The number of nitrogens with zero attached hydrogens (tertiary/aromatic N) is 3. The quantitative estimate of drug-likeness (QED) is 0.716. The predicted molar refractivity (Wildman–Crippen MR) is 109 cm³/mol. The zero-order valence-electron chi connectivity index (χ0n) is 16.2. The molecular formula is C21H23N3O4S. The van der Waals surface area contributed by atoms with Crippen LogP contribution in [0.2, 0.25) is 0 Å². The van der Waals surface area contributed by atoms with Gasteiger partial charge < -0.3 is 9.80 Å². The summed E-state index contributed by atoms with van der Waals surface area (Å²) in [6.07, 6.45) is 1.54. The molecule has 2 aliphatic heterocycles. The first-order chi connectivity index (χ1) is 13.9. The van der Waals surface area contributed by atoms with Gasteiger partial charge in [-0.15, -0.1) is 0 Å². The number of fused-ring (bicyclic) bond motifs is 1. The number of hydrogen-bond donors (Lipinski definition) is 0. The molecule has 2 aromatic carbocycles. The summed E-state index contributed by atoms with van der Waals surface area (Å²) in [5, 5.41) is 0. The van der Waals surface area contributed by atoms with Gasteiger partial charge in [0, 0.05) is 43.5 Å². The molecule has 8 heteroatoms. The minimum absolute atomic E-state index is 0.0532. The van der Waals surface area contributed by atoms with Crippen LogP contribution in [0.25, 0.3) is 0 Å². The van der Waals surface area contributed by atoms with Crippen LogP contribution in [-0.2, 0) is 21.2 Å². The van der Waals surface area contributed by atoms with Crippen molar-refractivity contribution in [1.29, 1.82) is 0 Å². The van der Waals surface area contributed by atoms with E-state index in [-0.39, 0.29) is 29.9 Å². The lowest BCUT2D eigenvalue weighted by atomic mass is 10.1. The minimum atomic E-state index is -3.65. The second kappa shape index (κ2) is 7.61. The van der Waals surface area contributed by atoms with Gasteiger partial charge in [-0.2, -0.15) is 4.31 Å². The monoisotopic (exact) mass is 413 g/mol. The van der Waals surface area contributed by atoms with E-state index < -0.39 is 10.0 Å². The summed E-state index contributed by atoms with van der Waals surface area (Å²) in [4.78, 5) is 27.4. The highest BCUT2D eigenvalue weighted by Crippen LogP contribution is 2.33. The predicted octanol–water partition coefficient (Wildman–Crippen LogP) is 1.74. The first-order valence-electron chi connectivity index (χ1n) is 9.63. The summed E-state index contributed by atoms with van der Waals surface area (Å²) in [5.74, 6) is -0.133. The molecule has 1 unspecified atom stereocenters. The van der Waals surface area contributed by atoms with Crippen molar-refractivity contribution < 1.29 is 18.0 Å². The standard InChI is InChI=1S/C21H23N3O4S/c1-16-14-18-4-2-3-5-20(18)24(16)21(26)17-6-8-19(9-7-17)29(27,28)23-12-10-22(15-25)11-13-23/h2-9,15-16H,10-14H2,1H3. The number of anilines is 1. The second-order valence-corrected chi connectivity index (χ2v) is 9.36. The number of carbonyl (C=O) groups excluding carboxylic acids is 2. The third-order valence-electron chi connectivity index (χ3n) is 5.59. The molecule has 7 nitrogen and oxygen atoms in total. The Balaban J connectivity index is 1.54. The fraction of sp³-hybridized carbons (Fsp3) is 0.333. The highest BCUT2D eigenvalue weighted by atomic mass is 32.2. The van der Waals surface area contributed by atoms with E-state index in [9.17, 15) is 18.0 Å². The normalized spacial score (nSPS) is 19.8. The van der Waals surface area contributed by atoms with Gasteiger partial charge in [0.05, 0.1) is 4.90 Å². The molecule has 2 aliphatic rings. The SMILES string of the molecule is CC1Cc2ccccc2N1C(=O)c1ccc(S(=O)(=O)N2CCN(C=O)CC2)cc1. The van der Waals surface area contributed by atoms with Crippen molar-refractivity contribution in [2.45, 2.75) is 24.3 Å². The number of para-hydroxylation sites is 1. The maximum absolute atomic E-state index is 13.1. The van der Waals surface area contributed by atoms with Gasteiger partial charge in [0.2, 0.25) is 16.4 Å². The van der Waals surface area contributed by atoms with E-state index in [0.717, 1.165) is 24.1 Å². The number of piperazine rings is 1. The molecule has 1 fully saturated rings. The molecule has 2 heterocycles. The molecule has 0 aliphatic carbocycles. The molecule has 2 aromatic rings. The average molecular weight is 413 g/mol. The molecule has 152 valence electrons. The molecule has 0 N–H and O–H groups in total. The maximum Gasteiger partial charge on any atom is 0.258 e. The summed E-state index contributed by atoms with van der Waals surface area (Å²) in [6.45, 7) is 3.31. The molecule has 1 atom stereocenters. The van der Waals surface area contributed by atoms with Crippen molar-refractivity contribution in [2.75, 3.05) is 31.1 Å². The topological polar surface area (TPSA) is 78.0 Å². The van der Waals surface area contributed by atoms with Crippen LogP contribution in [0.3, 0.4) is 0 Å². The van der Waals surface area contributed by atoms with Crippen molar-refractivity contribution in [3.05, 3.63) is 59.7 Å². The molecule has 29 heavy (non-hydrogen) atoms. The van der Waals surface area contributed by atoms with E-state index in [1.807, 2.05) is 31.2 Å². The van der Waals surface area contributed by atoms with Crippen LogP contribution >= 0.6 is 0 Å². The smallest absolute Gasteiger partial charge is 0.258 e. The fourth-order valence-electron chi connectivity index (χ4n) is 3.98. The molecule has 0 spiro atoms. The summed E-state index contributed by atoms with van der Waals surface area (Å²) in [7, 11) is -3.65. The highest BCUT2D eigenvalue weighted by Gasteiger charge is 2.32. The van der Waals surface area contributed by atoms with Crippen molar-refractivity contribution in [2.24, 2.45) is 0 Å². The maximum atomic E-state index is 13.1. The molecule has 0 radical (unpaired) electrons. The lowest BCUT2D eigenvalue weighted by molar-refractivity contribution is -0.119. The van der Waals surface area contributed by atoms with Gasteiger partial charge in [-0.3, -0.25) is 9.59 Å². The van der Waals surface area contributed by atoms with E-state index >= 15 is 0 Å². The molecular weight excluding hydrogens is 390 g/mol. The number of carbonyl (C=O) groups is 2.